The SMILES string of the molecule is CCCCCCCCCCCCCCCCCCCCCCCCC(=O)O[C@H](COC(=O)CCCCCCCCCCCCCCCCCCCCC)COP(=O)(O)OC[C@@H](O)COP(=O)(O)OC[C@@H](COC(=O)CCCCCCCCC(C)CC)OC(=O)CCCCCCCCCCCCCCCCCC(C)C. The summed E-state index contributed by atoms with van der Waals surface area (Å²) in [6.45, 7) is 9.68. The minimum atomic E-state index is -4.97. The molecule has 0 spiro atoms. The van der Waals surface area contributed by atoms with E-state index in [0.717, 1.165) is 108 Å². The fourth-order valence-corrected chi connectivity index (χ4v) is 15.7. The van der Waals surface area contributed by atoms with Crippen molar-refractivity contribution >= 4 is 39.5 Å². The Labute approximate surface area is 670 Å². The predicted octanol–water partition coefficient (Wildman–Crippen LogP) is 27.8. The summed E-state index contributed by atoms with van der Waals surface area (Å²) < 4.78 is 69.0. The van der Waals surface area contributed by atoms with Crippen LogP contribution in [-0.2, 0) is 65.4 Å². The molecule has 3 unspecified atom stereocenters. The van der Waals surface area contributed by atoms with Crippen molar-refractivity contribution in [3.05, 3.63) is 0 Å². The third-order valence-corrected chi connectivity index (χ3v) is 23.5. The van der Waals surface area contributed by atoms with Crippen molar-refractivity contribution in [2.24, 2.45) is 11.8 Å². The van der Waals surface area contributed by atoms with E-state index in [1.54, 1.807) is 0 Å². The van der Waals surface area contributed by atoms with Crippen LogP contribution in [0.25, 0.3) is 0 Å². The third-order valence-electron chi connectivity index (χ3n) is 21.6. The summed E-state index contributed by atoms with van der Waals surface area (Å²) in [4.78, 5) is 73.3. The molecule has 0 saturated heterocycles. The van der Waals surface area contributed by atoms with Crippen molar-refractivity contribution < 1.29 is 80.2 Å². The van der Waals surface area contributed by atoms with E-state index >= 15 is 0 Å². The number of aliphatic hydroxyl groups is 1. The van der Waals surface area contributed by atoms with Gasteiger partial charge < -0.3 is 33.8 Å². The van der Waals surface area contributed by atoms with Crippen molar-refractivity contribution in [1.29, 1.82) is 0 Å². The molecule has 3 N–H and O–H groups in total. The summed E-state index contributed by atoms with van der Waals surface area (Å²) in [5.74, 6) is -0.566. The zero-order valence-corrected chi connectivity index (χ0v) is 73.7. The second-order valence-corrected chi connectivity index (χ2v) is 36.0. The minimum Gasteiger partial charge on any atom is -0.462 e. The number of aliphatic hydroxyl groups excluding tert-OH is 1. The number of hydrogen-bond acceptors (Lipinski definition) is 15. The summed E-state index contributed by atoms with van der Waals surface area (Å²) in [7, 11) is -9.93. The number of phosphoric ester groups is 2. The smallest absolute Gasteiger partial charge is 0.462 e. The molecule has 0 aliphatic heterocycles. The van der Waals surface area contributed by atoms with Crippen LogP contribution in [0, 0.1) is 11.8 Å². The van der Waals surface area contributed by atoms with E-state index in [4.69, 9.17) is 37.0 Å². The number of esters is 4. The summed E-state index contributed by atoms with van der Waals surface area (Å²) in [5.41, 5.74) is 0. The van der Waals surface area contributed by atoms with Crippen LogP contribution in [0.15, 0.2) is 0 Å². The van der Waals surface area contributed by atoms with Gasteiger partial charge in [0.2, 0.25) is 0 Å². The second-order valence-electron chi connectivity index (χ2n) is 33.1. The Morgan fingerprint density at radius 1 is 0.266 bits per heavy atom. The molecule has 0 aromatic rings. The highest BCUT2D eigenvalue weighted by Crippen LogP contribution is 2.45. The fraction of sp³-hybridized carbons (Fsp3) is 0.956. The Balaban J connectivity index is 5.22. The van der Waals surface area contributed by atoms with E-state index in [2.05, 4.69) is 41.5 Å². The van der Waals surface area contributed by atoms with Crippen molar-refractivity contribution in [2.75, 3.05) is 39.6 Å². The predicted molar refractivity (Wildman–Crippen MR) is 451 cm³/mol. The van der Waals surface area contributed by atoms with Crippen molar-refractivity contribution in [3.8, 4) is 0 Å². The number of phosphoric acid groups is 2. The summed E-state index contributed by atoms with van der Waals surface area (Å²) >= 11 is 0. The number of ether oxygens (including phenoxy) is 4. The molecular weight excluding hydrogens is 1410 g/mol. The highest BCUT2D eigenvalue weighted by atomic mass is 31.2. The zero-order chi connectivity index (χ0) is 79.9. The highest BCUT2D eigenvalue weighted by molar-refractivity contribution is 7.47. The molecule has 19 heteroatoms. The Morgan fingerprint density at radius 2 is 0.468 bits per heavy atom. The lowest BCUT2D eigenvalue weighted by Crippen LogP contribution is -2.30. The highest BCUT2D eigenvalue weighted by Gasteiger charge is 2.31. The van der Waals surface area contributed by atoms with Gasteiger partial charge in [-0.1, -0.05) is 433 Å². The quantitative estimate of drug-likeness (QED) is 0.0222. The first-order valence-corrected chi connectivity index (χ1v) is 49.5. The maximum atomic E-state index is 13.2. The Morgan fingerprint density at radius 3 is 0.697 bits per heavy atom. The van der Waals surface area contributed by atoms with Crippen LogP contribution in [0.4, 0.5) is 0 Å². The molecule has 0 rings (SSSR count). The molecular formula is C90H176O17P2. The van der Waals surface area contributed by atoms with Crippen LogP contribution in [0.3, 0.4) is 0 Å². The first-order chi connectivity index (χ1) is 52.9. The molecule has 0 aliphatic carbocycles. The molecule has 0 aromatic carbocycles. The Hall–Kier alpha value is -1.94. The van der Waals surface area contributed by atoms with E-state index in [0.29, 0.717) is 25.7 Å². The molecule has 0 bridgehead atoms. The van der Waals surface area contributed by atoms with Gasteiger partial charge in [0.15, 0.2) is 12.2 Å². The lowest BCUT2D eigenvalue weighted by Gasteiger charge is -2.21. The van der Waals surface area contributed by atoms with Crippen LogP contribution < -0.4 is 0 Å². The van der Waals surface area contributed by atoms with E-state index in [1.807, 2.05) is 0 Å². The van der Waals surface area contributed by atoms with Crippen LogP contribution in [0.5, 0.6) is 0 Å². The molecule has 0 fully saturated rings. The molecule has 0 radical (unpaired) electrons. The normalized spacial score (nSPS) is 14.0. The van der Waals surface area contributed by atoms with Gasteiger partial charge >= 0.3 is 39.5 Å². The van der Waals surface area contributed by atoms with E-state index in [-0.39, 0.29) is 25.7 Å². The first-order valence-electron chi connectivity index (χ1n) is 46.5. The van der Waals surface area contributed by atoms with Gasteiger partial charge in [0, 0.05) is 25.7 Å². The van der Waals surface area contributed by atoms with Gasteiger partial charge in [0.05, 0.1) is 26.4 Å². The number of hydrogen-bond donors (Lipinski definition) is 3. The van der Waals surface area contributed by atoms with Gasteiger partial charge in [-0.15, -0.1) is 0 Å². The van der Waals surface area contributed by atoms with Gasteiger partial charge in [-0.25, -0.2) is 9.13 Å². The van der Waals surface area contributed by atoms with Gasteiger partial charge in [-0.2, -0.15) is 0 Å². The summed E-state index contributed by atoms with van der Waals surface area (Å²) in [5, 5.41) is 10.7. The summed E-state index contributed by atoms with van der Waals surface area (Å²) in [6.07, 6.45) is 75.2. The third kappa shape index (κ3) is 82.4. The number of unbranched alkanes of at least 4 members (excludes halogenated alkanes) is 58. The molecule has 6 atom stereocenters. The summed E-state index contributed by atoms with van der Waals surface area (Å²) in [6, 6.07) is 0. The van der Waals surface area contributed by atoms with Crippen molar-refractivity contribution in [1.82, 2.24) is 0 Å². The number of carbonyl (C=O) groups is 4. The number of carbonyl (C=O) groups excluding carboxylic acids is 4. The lowest BCUT2D eigenvalue weighted by atomic mass is 10.00. The number of rotatable bonds is 89. The lowest BCUT2D eigenvalue weighted by molar-refractivity contribution is -0.161. The van der Waals surface area contributed by atoms with Gasteiger partial charge in [-0.3, -0.25) is 37.3 Å². The van der Waals surface area contributed by atoms with Crippen LogP contribution in [0.1, 0.15) is 485 Å². The van der Waals surface area contributed by atoms with E-state index in [9.17, 15) is 43.2 Å². The van der Waals surface area contributed by atoms with Crippen molar-refractivity contribution in [3.63, 3.8) is 0 Å². The standard InChI is InChI=1S/C90H176O17P2/c1-7-10-12-14-16-18-20-22-24-26-28-29-30-32-34-38-42-46-50-54-62-68-74-89(94)106-85(78-100-87(92)72-66-60-53-49-45-41-37-33-31-27-25-23-21-19-17-15-13-11-8-2)80-104-108(96,97)102-76-84(91)77-103-109(98,99)105-81-86(79-101-88(93)73-67-61-57-56-59-65-71-83(6)9-3)107-90(95)75-69-63-55-51-47-43-39-35-36-40-44-48-52-58-64-70-82(4)5/h82-86,91H,7-81H2,1-6H3,(H,96,97)(H,98,99)/t83?,84-,85-,86-/m1/s1. The molecule has 0 aliphatic rings. The van der Waals surface area contributed by atoms with Gasteiger partial charge in [0.25, 0.3) is 0 Å². The molecule has 17 nitrogen and oxygen atoms in total. The largest absolute Gasteiger partial charge is 0.472 e. The van der Waals surface area contributed by atoms with Crippen LogP contribution in [0.2, 0.25) is 0 Å². The average molecular weight is 1590 g/mol. The van der Waals surface area contributed by atoms with Gasteiger partial charge in [-0.05, 0) is 37.5 Å². The minimum absolute atomic E-state index is 0.107. The Kier molecular flexibility index (Phi) is 79.8. The molecule has 0 saturated carbocycles. The maximum Gasteiger partial charge on any atom is 0.472 e. The zero-order valence-electron chi connectivity index (χ0n) is 71.9. The molecule has 109 heavy (non-hydrogen) atoms. The second kappa shape index (κ2) is 81.2. The molecule has 0 heterocycles. The van der Waals surface area contributed by atoms with E-state index in [1.165, 1.54) is 295 Å². The Bertz CT molecular complexity index is 2080. The van der Waals surface area contributed by atoms with Gasteiger partial charge in [0.1, 0.15) is 19.3 Å². The first kappa shape index (κ1) is 107. The molecule has 0 aromatic heterocycles. The van der Waals surface area contributed by atoms with E-state index < -0.39 is 97.5 Å². The molecule has 648 valence electrons. The maximum absolute atomic E-state index is 13.2. The average Bonchev–Trinajstić information content (AvgIpc) is 0.895. The fourth-order valence-electron chi connectivity index (χ4n) is 14.1. The van der Waals surface area contributed by atoms with Crippen LogP contribution >= 0.6 is 15.6 Å². The molecule has 0 amide bonds. The topological polar surface area (TPSA) is 237 Å². The van der Waals surface area contributed by atoms with Crippen LogP contribution in [-0.4, -0.2) is 96.7 Å². The monoisotopic (exact) mass is 1590 g/mol. The van der Waals surface area contributed by atoms with Crippen molar-refractivity contribution in [2.45, 2.75) is 503 Å².